The Morgan fingerprint density at radius 1 is 0.633 bits per heavy atom. The second-order valence-corrected chi connectivity index (χ2v) is 19.6. The zero-order valence-electron chi connectivity index (χ0n) is 48.6. The molecule has 0 atom stereocenters. The highest BCUT2D eigenvalue weighted by Gasteiger charge is 2.34. The number of Topliss-reactive ketones (excluding diaryl/α,β-unsaturated/α-hetero) is 3. The number of hydrogen-bond acceptors (Lipinski definition) is 23. The largest absolute Gasteiger partial charge is 0.492 e. The number of rotatable bonds is 25. The zero-order valence-corrected chi connectivity index (χ0v) is 48.6. The first-order valence-electron chi connectivity index (χ1n) is 27.3. The van der Waals surface area contributed by atoms with E-state index >= 15 is 0 Å². The molecule has 0 radical (unpaired) electrons. The molecule has 0 bridgehead atoms. The van der Waals surface area contributed by atoms with Crippen molar-refractivity contribution >= 4 is 61.4 Å². The van der Waals surface area contributed by atoms with Gasteiger partial charge in [-0.25, -0.2) is 13.2 Å². The van der Waals surface area contributed by atoms with Crippen LogP contribution in [-0.4, -0.2) is 143 Å². The highest BCUT2D eigenvalue weighted by molar-refractivity contribution is 6.03. The van der Waals surface area contributed by atoms with Crippen LogP contribution in [0.4, 0.5) is 28.9 Å². The third kappa shape index (κ3) is 17.3. The molecule has 3 saturated carbocycles. The molecule has 3 aliphatic carbocycles. The Hall–Kier alpha value is -10.2. The Balaban J connectivity index is 0.000000232. The summed E-state index contributed by atoms with van der Waals surface area (Å²) >= 11 is 0. The number of nitrogens with two attached hydrogens (primary N) is 1. The molecule has 33 heteroatoms. The Bertz CT molecular complexity index is 4020. The highest BCUT2D eigenvalue weighted by atomic mass is 19.2. The van der Waals surface area contributed by atoms with Gasteiger partial charge in [0.15, 0.2) is 34.7 Å². The fourth-order valence-corrected chi connectivity index (χ4v) is 9.02. The lowest BCUT2D eigenvalue weighted by molar-refractivity contribution is -0.465. The first-order chi connectivity index (χ1) is 42.9. The lowest BCUT2D eigenvalue weighted by atomic mass is 10.1. The summed E-state index contributed by atoms with van der Waals surface area (Å²) < 4.78 is 83.0. The quantitative estimate of drug-likeness (QED) is 0.0120. The number of nitro groups is 3. The molecule has 3 fully saturated rings. The number of nitriles is 2. The summed E-state index contributed by atoms with van der Waals surface area (Å²) in [6.45, 7) is 1.08. The number of anilines is 2. The molecule has 3 aromatic carbocycles. The fraction of sp³-hybridized carbons (Fsp3) is 0.404. The van der Waals surface area contributed by atoms with Crippen LogP contribution in [0.5, 0.6) is 17.2 Å². The van der Waals surface area contributed by atoms with Crippen molar-refractivity contribution in [1.82, 2.24) is 13.7 Å². The van der Waals surface area contributed by atoms with Gasteiger partial charge in [-0.05, 0) is 56.7 Å². The number of ether oxygens (including phenoxy) is 4. The van der Waals surface area contributed by atoms with Gasteiger partial charge in [-0.1, -0.05) is 6.58 Å². The van der Waals surface area contributed by atoms with Crippen molar-refractivity contribution in [1.29, 1.82) is 10.5 Å². The number of aromatic nitrogens is 3. The molecule has 0 unspecified atom stereocenters. The van der Waals surface area contributed by atoms with Crippen LogP contribution in [0.3, 0.4) is 0 Å². The Morgan fingerprint density at radius 2 is 0.967 bits per heavy atom. The van der Waals surface area contributed by atoms with E-state index in [1.807, 2.05) is 6.07 Å². The average Bonchev–Trinajstić information content (AvgIpc) is 1.79. The molecule has 3 aromatic heterocycles. The minimum atomic E-state index is -1.29. The van der Waals surface area contributed by atoms with Crippen LogP contribution in [0.15, 0.2) is 63.8 Å². The predicted molar refractivity (Wildman–Crippen MR) is 315 cm³/mol. The molecule has 0 aliphatic heterocycles. The predicted octanol–water partition coefficient (Wildman–Crippen LogP) is 5.35. The molecule has 29 nitrogen and oxygen atoms in total. The molecule has 480 valence electrons. The zero-order chi connectivity index (χ0) is 66.7. The minimum absolute atomic E-state index is 0.00258. The first kappa shape index (κ1) is 70.5. The van der Waals surface area contributed by atoms with Crippen LogP contribution < -0.4 is 46.9 Å². The van der Waals surface area contributed by atoms with Gasteiger partial charge in [0.25, 0.3) is 19.6 Å². The van der Waals surface area contributed by atoms with Crippen molar-refractivity contribution in [2.45, 2.75) is 63.1 Å². The van der Waals surface area contributed by atoms with Crippen molar-refractivity contribution in [3.8, 4) is 29.4 Å². The number of benzene rings is 3. The van der Waals surface area contributed by atoms with Crippen LogP contribution in [0, 0.1) is 76.3 Å². The van der Waals surface area contributed by atoms with Crippen molar-refractivity contribution in [2.24, 2.45) is 5.73 Å². The number of halogens is 4. The van der Waals surface area contributed by atoms with Gasteiger partial charge in [0.1, 0.15) is 11.4 Å². The van der Waals surface area contributed by atoms with E-state index in [1.165, 1.54) is 43.5 Å². The van der Waals surface area contributed by atoms with E-state index in [-0.39, 0.29) is 120 Å². The molecule has 6 aromatic rings. The Morgan fingerprint density at radius 3 is 1.26 bits per heavy atom. The topological polar surface area (TPSA) is 422 Å². The lowest BCUT2D eigenvalue weighted by Crippen LogP contribution is -2.24. The van der Waals surface area contributed by atoms with Crippen molar-refractivity contribution in [2.75, 3.05) is 97.7 Å². The summed E-state index contributed by atoms with van der Waals surface area (Å²) in [6, 6.07) is 6.21. The van der Waals surface area contributed by atoms with Gasteiger partial charge in [0, 0.05) is 77.2 Å². The number of nitrogens with one attached hydrogen (secondary N) is 2. The maximum atomic E-state index is 14.9. The van der Waals surface area contributed by atoms with E-state index in [4.69, 9.17) is 45.4 Å². The number of carbonyl (C=O) groups excluding carboxylic acids is 3. The fourth-order valence-electron chi connectivity index (χ4n) is 9.02. The van der Waals surface area contributed by atoms with Gasteiger partial charge in [-0.3, -0.25) is 59.1 Å². The van der Waals surface area contributed by atoms with Crippen LogP contribution in [0.1, 0.15) is 94.1 Å². The van der Waals surface area contributed by atoms with Crippen LogP contribution >= 0.6 is 0 Å². The van der Waals surface area contributed by atoms with E-state index in [0.717, 1.165) is 57.8 Å². The maximum absolute atomic E-state index is 14.9. The molecule has 9 rings (SSSR count). The summed E-state index contributed by atoms with van der Waals surface area (Å²) in [5, 5.41) is 69.9. The molecular formula is C57H61F4N11O18. The van der Waals surface area contributed by atoms with Crippen molar-refractivity contribution < 1.29 is 75.9 Å². The summed E-state index contributed by atoms with van der Waals surface area (Å²) in [7, 11) is 3.81. The van der Waals surface area contributed by atoms with E-state index in [0.29, 0.717) is 23.6 Å². The van der Waals surface area contributed by atoms with E-state index in [2.05, 4.69) is 17.2 Å². The number of fused-ring (bicyclic) bond motifs is 3. The molecule has 0 amide bonds. The van der Waals surface area contributed by atoms with E-state index in [1.54, 1.807) is 15.2 Å². The van der Waals surface area contributed by atoms with Crippen LogP contribution in [-0.2, 0) is 4.74 Å². The van der Waals surface area contributed by atoms with Gasteiger partial charge in [-0.15, -0.1) is 0 Å². The number of pyridine rings is 3. The van der Waals surface area contributed by atoms with Gasteiger partial charge in [0.2, 0.25) is 39.5 Å². The first-order valence-corrected chi connectivity index (χ1v) is 27.3. The Labute approximate surface area is 506 Å². The average molecular weight is 1260 g/mol. The Kier molecular flexibility index (Phi) is 25.6. The lowest BCUT2D eigenvalue weighted by Gasteiger charge is -2.19. The molecule has 6 N–H and O–H groups in total. The van der Waals surface area contributed by atoms with Crippen molar-refractivity contribution in [3.63, 3.8) is 0 Å². The van der Waals surface area contributed by atoms with Crippen LogP contribution in [0.2, 0.25) is 0 Å². The molecule has 3 aliphatic rings. The molecule has 0 spiro atoms. The number of carbonyl (C=O) groups is 3. The molecular weight excluding hydrogens is 1200 g/mol. The van der Waals surface area contributed by atoms with Crippen molar-refractivity contribution in [3.05, 3.63) is 150 Å². The number of nitrogens with zero attached hydrogens (tertiary/aromatic N) is 8. The summed E-state index contributed by atoms with van der Waals surface area (Å²) in [6.07, 6.45) is 9.82. The number of aliphatic hydroxyl groups is 2. The van der Waals surface area contributed by atoms with Crippen LogP contribution in [0.25, 0.3) is 32.7 Å². The molecule has 3 heterocycles. The minimum Gasteiger partial charge on any atom is -0.492 e. The molecule has 90 heavy (non-hydrogen) atoms. The second-order valence-electron chi connectivity index (χ2n) is 19.6. The number of hydrogen-bond donors (Lipinski definition) is 5. The van der Waals surface area contributed by atoms with Gasteiger partial charge in [0.05, 0.1) is 116 Å². The number of methoxy groups -OCH3 is 3. The maximum Gasteiger partial charge on any atom is 0.266 e. The normalized spacial score (nSPS) is 12.8. The third-order valence-electron chi connectivity index (χ3n) is 13.3. The standard InChI is InChI=1S/C20H21FN4O6.C17H18FN3O6.C15H12F2N2O5.C3H3N.C2H7NO/c1-30-20-17(23-6-8-31-7-2-5-22)15(21)9-13-18(20)24(12-3-4-12)10-14(19(13)27)16(26)11-25(28)29;1-27-17-14(19-4-5-22)12(18)6-10-15(17)20(9-2-3-9)7-11(16(10)24)13(23)8-21(25)26;1-24-15-12(17)10(16)4-8-13(15)18(7-2-3-7)5-9(14(8)21)11(20)6-19(22)23;1-2-3-4;3-1-2-4/h9-10,12,23H,2-4,6-8,11H2,1H3;6-7,9,19,22H,2-5,8H2,1H3;4-5,7H,2-3,6H2,1H3;2H,1H2;4H,1-3H2. The van der Waals surface area contributed by atoms with E-state index in [9.17, 15) is 76.7 Å². The van der Waals surface area contributed by atoms with E-state index < -0.39 is 103 Å². The van der Waals surface area contributed by atoms with Gasteiger partial charge < -0.3 is 59.2 Å². The number of aliphatic hydroxyl groups excluding tert-OH is 2. The van der Waals surface area contributed by atoms with Gasteiger partial charge in [-0.2, -0.15) is 14.9 Å². The third-order valence-corrected chi connectivity index (χ3v) is 13.3. The molecule has 0 saturated heterocycles. The summed E-state index contributed by atoms with van der Waals surface area (Å²) in [5.74, 6) is -7.16. The summed E-state index contributed by atoms with van der Waals surface area (Å²) in [5.41, 5.74) is 1.95. The smallest absolute Gasteiger partial charge is 0.266 e. The number of allylic oxidation sites excluding steroid dienone is 1. The second kappa shape index (κ2) is 32.7. The summed E-state index contributed by atoms with van der Waals surface area (Å²) in [4.78, 5) is 104. The van der Waals surface area contributed by atoms with Gasteiger partial charge >= 0.3 is 0 Å². The SMILES string of the molecule is C=CC#N.COc1c(F)c(F)cc2c(=O)c(C(=O)C[N+](=O)[O-])cn(C3CC3)c12.COc1c(NCCO)c(F)cc2c(=O)c(C(=O)C[N+](=O)[O-])cn(C3CC3)c12.COc1c(NCCOCCC#N)c(F)cc2c(=O)c(C(=O)C[N+](=O)[O-])cn(C3CC3)c12.NCCO. The highest BCUT2D eigenvalue weighted by Crippen LogP contribution is 2.45. The number of ketones is 3. The monoisotopic (exact) mass is 1260 g/mol.